The van der Waals surface area contributed by atoms with E-state index in [0.717, 1.165) is 35.8 Å². The highest BCUT2D eigenvalue weighted by atomic mass is 35.5. The molecule has 4 nitrogen and oxygen atoms in total. The van der Waals surface area contributed by atoms with E-state index >= 15 is 0 Å². The third kappa shape index (κ3) is 2.26. The summed E-state index contributed by atoms with van der Waals surface area (Å²) in [5, 5.41) is 5.21. The molecule has 0 atom stereocenters. The molecule has 3 N–H and O–H groups in total. The van der Waals surface area contributed by atoms with Crippen molar-refractivity contribution in [1.29, 1.82) is 0 Å². The van der Waals surface area contributed by atoms with Gasteiger partial charge in [-0.15, -0.1) is 0 Å². The quantitative estimate of drug-likeness (QED) is 0.573. The Morgan fingerprint density at radius 1 is 1.50 bits per heavy atom. The molecular formula is C9H17ClN4. The number of nitrogens with zero attached hydrogens (tertiary/aromatic N) is 2. The van der Waals surface area contributed by atoms with E-state index in [-0.39, 0.29) is 0 Å². The second kappa shape index (κ2) is 5.34. The van der Waals surface area contributed by atoms with Crippen molar-refractivity contribution in [2.24, 2.45) is 5.84 Å². The molecule has 0 unspecified atom stereocenters. The fourth-order valence-electron chi connectivity index (χ4n) is 1.45. The van der Waals surface area contributed by atoms with Gasteiger partial charge in [-0.05, 0) is 13.3 Å². The van der Waals surface area contributed by atoms with Crippen LogP contribution in [0.2, 0.25) is 5.02 Å². The molecule has 0 saturated carbocycles. The first-order valence-corrected chi connectivity index (χ1v) is 5.29. The fourth-order valence-corrected chi connectivity index (χ4v) is 1.81. The van der Waals surface area contributed by atoms with E-state index < -0.39 is 0 Å². The molecule has 0 amide bonds. The van der Waals surface area contributed by atoms with Crippen LogP contribution >= 0.6 is 11.6 Å². The maximum absolute atomic E-state index is 6.19. The van der Waals surface area contributed by atoms with Crippen molar-refractivity contribution in [3.05, 3.63) is 16.4 Å². The molecule has 14 heavy (non-hydrogen) atoms. The smallest absolute Gasteiger partial charge is 0.0850 e. The topological polar surface area (TPSA) is 55.9 Å². The summed E-state index contributed by atoms with van der Waals surface area (Å²) >= 11 is 6.19. The van der Waals surface area contributed by atoms with Gasteiger partial charge in [0, 0.05) is 19.5 Å². The van der Waals surface area contributed by atoms with Gasteiger partial charge in [-0.2, -0.15) is 5.10 Å². The second-order valence-corrected chi connectivity index (χ2v) is 3.46. The minimum Gasteiger partial charge on any atom is -0.271 e. The van der Waals surface area contributed by atoms with Gasteiger partial charge in [-0.3, -0.25) is 16.0 Å². The normalized spacial score (nSPS) is 10.9. The molecule has 5 heteroatoms. The average molecular weight is 217 g/mol. The molecule has 0 bridgehead atoms. The van der Waals surface area contributed by atoms with Crippen molar-refractivity contribution >= 4 is 11.6 Å². The summed E-state index contributed by atoms with van der Waals surface area (Å²) in [4.78, 5) is 0. The maximum atomic E-state index is 6.19. The van der Waals surface area contributed by atoms with Gasteiger partial charge in [0.2, 0.25) is 0 Å². The molecule has 0 aliphatic heterocycles. The van der Waals surface area contributed by atoms with Gasteiger partial charge in [-0.1, -0.05) is 18.5 Å². The minimum absolute atomic E-state index is 0.717. The van der Waals surface area contributed by atoms with Crippen LogP contribution in [0.5, 0.6) is 0 Å². The summed E-state index contributed by atoms with van der Waals surface area (Å²) in [6.45, 7) is 5.68. The highest BCUT2D eigenvalue weighted by molar-refractivity contribution is 6.31. The Bertz CT molecular complexity index is 295. The van der Waals surface area contributed by atoms with Crippen molar-refractivity contribution < 1.29 is 0 Å². The first kappa shape index (κ1) is 11.5. The molecule has 0 aliphatic rings. The molecule has 0 aliphatic carbocycles. The summed E-state index contributed by atoms with van der Waals surface area (Å²) in [5.74, 6) is 5.23. The van der Waals surface area contributed by atoms with Crippen molar-refractivity contribution in [3.8, 4) is 0 Å². The van der Waals surface area contributed by atoms with E-state index in [1.807, 2.05) is 4.68 Å². The zero-order chi connectivity index (χ0) is 10.6. The van der Waals surface area contributed by atoms with Crippen LogP contribution in [0, 0.1) is 0 Å². The lowest BCUT2D eigenvalue weighted by atomic mass is 10.2. The lowest BCUT2D eigenvalue weighted by Gasteiger charge is -2.04. The molecule has 1 heterocycles. The van der Waals surface area contributed by atoms with Crippen LogP contribution in [0.15, 0.2) is 0 Å². The number of aromatic nitrogens is 2. The van der Waals surface area contributed by atoms with Crippen LogP contribution in [0.4, 0.5) is 0 Å². The Morgan fingerprint density at radius 2 is 2.21 bits per heavy atom. The van der Waals surface area contributed by atoms with Crippen LogP contribution in [0.3, 0.4) is 0 Å². The van der Waals surface area contributed by atoms with Crippen molar-refractivity contribution in [2.45, 2.75) is 33.2 Å². The highest BCUT2D eigenvalue weighted by Gasteiger charge is 2.12. The predicted molar refractivity (Wildman–Crippen MR) is 58.2 cm³/mol. The molecular weight excluding hydrogens is 200 g/mol. The third-order valence-corrected chi connectivity index (χ3v) is 2.64. The van der Waals surface area contributed by atoms with E-state index in [0.29, 0.717) is 6.54 Å². The molecule has 1 rings (SSSR count). The summed E-state index contributed by atoms with van der Waals surface area (Å²) in [7, 11) is 0. The van der Waals surface area contributed by atoms with Crippen molar-refractivity contribution in [3.63, 3.8) is 0 Å². The van der Waals surface area contributed by atoms with E-state index in [1.54, 1.807) is 0 Å². The standard InChI is InChI=1S/C9H17ClN4/c1-3-7-9(10)8(5-6-12-11)14(4-2)13-7/h12H,3-6,11H2,1-2H3. The Hall–Kier alpha value is -0.580. The van der Waals surface area contributed by atoms with E-state index in [9.17, 15) is 0 Å². The van der Waals surface area contributed by atoms with E-state index in [4.69, 9.17) is 17.4 Å². The fraction of sp³-hybridized carbons (Fsp3) is 0.667. The maximum Gasteiger partial charge on any atom is 0.0850 e. The number of hydrogen-bond acceptors (Lipinski definition) is 3. The number of hydrazine groups is 1. The van der Waals surface area contributed by atoms with Gasteiger partial charge < -0.3 is 0 Å². The molecule has 0 spiro atoms. The SMILES string of the molecule is CCc1nn(CC)c(CCNN)c1Cl. The van der Waals surface area contributed by atoms with Gasteiger partial charge in [0.25, 0.3) is 0 Å². The Labute approximate surface area is 89.4 Å². The van der Waals surface area contributed by atoms with E-state index in [1.165, 1.54) is 0 Å². The lowest BCUT2D eigenvalue weighted by molar-refractivity contribution is 0.598. The Balaban J connectivity index is 2.92. The average Bonchev–Trinajstić information content (AvgIpc) is 2.52. The molecule has 0 aromatic carbocycles. The highest BCUT2D eigenvalue weighted by Crippen LogP contribution is 2.21. The van der Waals surface area contributed by atoms with Crippen molar-refractivity contribution in [1.82, 2.24) is 15.2 Å². The first-order valence-electron chi connectivity index (χ1n) is 4.92. The van der Waals surface area contributed by atoms with Crippen LogP contribution < -0.4 is 11.3 Å². The predicted octanol–water partition coefficient (Wildman–Crippen LogP) is 1.12. The summed E-state index contributed by atoms with van der Waals surface area (Å²) in [6, 6.07) is 0. The number of rotatable bonds is 5. The first-order chi connectivity index (χ1) is 6.74. The van der Waals surface area contributed by atoms with Gasteiger partial charge in [0.1, 0.15) is 0 Å². The zero-order valence-corrected chi connectivity index (χ0v) is 9.43. The summed E-state index contributed by atoms with van der Waals surface area (Å²) in [5.41, 5.74) is 4.67. The van der Waals surface area contributed by atoms with Crippen LogP contribution in [0.1, 0.15) is 25.2 Å². The number of nitrogens with one attached hydrogen (secondary N) is 1. The monoisotopic (exact) mass is 216 g/mol. The van der Waals surface area contributed by atoms with Gasteiger partial charge in [0.15, 0.2) is 0 Å². The molecule has 1 aromatic heterocycles. The zero-order valence-electron chi connectivity index (χ0n) is 8.68. The van der Waals surface area contributed by atoms with E-state index in [2.05, 4.69) is 24.4 Å². The number of nitrogens with two attached hydrogens (primary N) is 1. The second-order valence-electron chi connectivity index (χ2n) is 3.08. The molecule has 0 fully saturated rings. The minimum atomic E-state index is 0.717. The molecule has 0 radical (unpaired) electrons. The summed E-state index contributed by atoms with van der Waals surface area (Å²) in [6.07, 6.45) is 1.69. The largest absolute Gasteiger partial charge is 0.271 e. The Kier molecular flexibility index (Phi) is 4.38. The molecule has 80 valence electrons. The lowest BCUT2D eigenvalue weighted by Crippen LogP contribution is -2.25. The summed E-state index contributed by atoms with van der Waals surface area (Å²) < 4.78 is 1.94. The van der Waals surface area contributed by atoms with Crippen LogP contribution in [-0.2, 0) is 19.4 Å². The van der Waals surface area contributed by atoms with Crippen molar-refractivity contribution in [2.75, 3.05) is 6.54 Å². The van der Waals surface area contributed by atoms with Gasteiger partial charge in [-0.25, -0.2) is 0 Å². The van der Waals surface area contributed by atoms with Crippen LogP contribution in [-0.4, -0.2) is 16.3 Å². The number of hydrogen-bond donors (Lipinski definition) is 2. The number of aryl methyl sites for hydroxylation is 2. The van der Waals surface area contributed by atoms with Gasteiger partial charge in [0.05, 0.1) is 16.4 Å². The Morgan fingerprint density at radius 3 is 2.71 bits per heavy atom. The molecule has 0 saturated heterocycles. The number of halogens is 1. The molecule has 1 aromatic rings. The van der Waals surface area contributed by atoms with Crippen LogP contribution in [0.25, 0.3) is 0 Å². The third-order valence-electron chi connectivity index (χ3n) is 2.20. The van der Waals surface area contributed by atoms with Gasteiger partial charge >= 0.3 is 0 Å².